The van der Waals surface area contributed by atoms with Crippen LogP contribution in [0.2, 0.25) is 0 Å². The number of thioether (sulfide) groups is 1. The van der Waals surface area contributed by atoms with E-state index >= 15 is 0 Å². The van der Waals surface area contributed by atoms with Crippen molar-refractivity contribution in [2.45, 2.75) is 37.2 Å². The third kappa shape index (κ3) is 2.30. The molecule has 0 bridgehead atoms. The summed E-state index contributed by atoms with van der Waals surface area (Å²) in [6.45, 7) is 2.58. The van der Waals surface area contributed by atoms with Crippen molar-refractivity contribution in [3.63, 3.8) is 0 Å². The lowest BCUT2D eigenvalue weighted by molar-refractivity contribution is -0.138. The number of nitrogens with zero attached hydrogens (tertiary/aromatic N) is 1. The van der Waals surface area contributed by atoms with Gasteiger partial charge in [0, 0.05) is 18.7 Å². The standard InChI is InChI=1S/C15H18N2O2S/c1-15-8-7-13(18)17(15)12(10-20-15)14(19)16-9-11-5-3-2-4-6-11/h2-6,12H,7-10H2,1H3,(H,16,19)/t12-,15-/m1/s1. The molecule has 0 saturated carbocycles. The highest BCUT2D eigenvalue weighted by molar-refractivity contribution is 8.01. The predicted octanol–water partition coefficient (Wildman–Crippen LogP) is 1.76. The van der Waals surface area contributed by atoms with Crippen molar-refractivity contribution in [1.82, 2.24) is 10.2 Å². The Morgan fingerprint density at radius 2 is 2.20 bits per heavy atom. The molecule has 2 amide bonds. The van der Waals surface area contributed by atoms with Crippen LogP contribution in [-0.4, -0.2) is 33.4 Å². The number of amides is 2. The third-order valence-corrected chi connectivity index (χ3v) is 5.56. The molecule has 20 heavy (non-hydrogen) atoms. The van der Waals surface area contributed by atoms with Crippen LogP contribution in [0.25, 0.3) is 0 Å². The van der Waals surface area contributed by atoms with Gasteiger partial charge in [-0.3, -0.25) is 9.59 Å². The largest absolute Gasteiger partial charge is 0.350 e. The van der Waals surface area contributed by atoms with Gasteiger partial charge in [0.1, 0.15) is 6.04 Å². The van der Waals surface area contributed by atoms with Crippen LogP contribution in [0, 0.1) is 0 Å². The van der Waals surface area contributed by atoms with Gasteiger partial charge >= 0.3 is 0 Å². The highest BCUT2D eigenvalue weighted by Crippen LogP contribution is 2.47. The van der Waals surface area contributed by atoms with Crippen LogP contribution in [0.4, 0.5) is 0 Å². The van der Waals surface area contributed by atoms with Gasteiger partial charge in [-0.15, -0.1) is 11.8 Å². The number of carbonyl (C=O) groups is 2. The highest BCUT2D eigenvalue weighted by Gasteiger charge is 2.52. The Kier molecular flexibility index (Phi) is 3.46. The Labute approximate surface area is 122 Å². The minimum absolute atomic E-state index is 0.0414. The molecule has 2 fully saturated rings. The highest BCUT2D eigenvalue weighted by atomic mass is 32.2. The van der Waals surface area contributed by atoms with Crippen molar-refractivity contribution in [2.24, 2.45) is 0 Å². The Hall–Kier alpha value is -1.49. The number of fused-ring (bicyclic) bond motifs is 1. The molecule has 2 aliphatic rings. The quantitative estimate of drug-likeness (QED) is 0.923. The molecular weight excluding hydrogens is 272 g/mol. The summed E-state index contributed by atoms with van der Waals surface area (Å²) in [4.78, 5) is 25.9. The SMILES string of the molecule is C[C@@]12CCC(=O)N1[C@@H](C(=O)NCc1ccccc1)CS2. The van der Waals surface area contributed by atoms with Crippen LogP contribution < -0.4 is 5.32 Å². The first-order valence-electron chi connectivity index (χ1n) is 6.88. The number of benzene rings is 1. The minimum Gasteiger partial charge on any atom is -0.350 e. The van der Waals surface area contributed by atoms with E-state index in [-0.39, 0.29) is 22.7 Å². The fourth-order valence-electron chi connectivity index (χ4n) is 2.92. The summed E-state index contributed by atoms with van der Waals surface area (Å²) in [5.74, 6) is 0.765. The Balaban J connectivity index is 1.65. The molecule has 4 nitrogen and oxygen atoms in total. The summed E-state index contributed by atoms with van der Waals surface area (Å²) in [5.41, 5.74) is 1.07. The molecule has 1 aromatic carbocycles. The summed E-state index contributed by atoms with van der Waals surface area (Å²) in [5, 5.41) is 2.95. The maximum atomic E-state index is 12.3. The monoisotopic (exact) mass is 290 g/mol. The maximum absolute atomic E-state index is 12.3. The molecule has 1 N–H and O–H groups in total. The van der Waals surface area contributed by atoms with Crippen molar-refractivity contribution in [3.8, 4) is 0 Å². The molecule has 0 spiro atoms. The summed E-state index contributed by atoms with van der Waals surface area (Å²) in [6, 6.07) is 9.50. The molecule has 2 heterocycles. The van der Waals surface area contributed by atoms with Crippen molar-refractivity contribution in [3.05, 3.63) is 35.9 Å². The van der Waals surface area contributed by atoms with Crippen LogP contribution in [0.1, 0.15) is 25.3 Å². The lowest BCUT2D eigenvalue weighted by Gasteiger charge is -2.29. The van der Waals surface area contributed by atoms with E-state index in [0.717, 1.165) is 12.0 Å². The predicted molar refractivity (Wildman–Crippen MR) is 79.0 cm³/mol. The Morgan fingerprint density at radius 3 is 2.95 bits per heavy atom. The van der Waals surface area contributed by atoms with Gasteiger partial charge in [-0.05, 0) is 18.9 Å². The van der Waals surface area contributed by atoms with E-state index in [0.29, 0.717) is 18.7 Å². The van der Waals surface area contributed by atoms with Gasteiger partial charge in [-0.2, -0.15) is 0 Å². The number of hydrogen-bond donors (Lipinski definition) is 1. The lowest BCUT2D eigenvalue weighted by atomic mass is 10.2. The van der Waals surface area contributed by atoms with Crippen molar-refractivity contribution < 1.29 is 9.59 Å². The molecule has 0 radical (unpaired) electrons. The van der Waals surface area contributed by atoms with E-state index in [9.17, 15) is 9.59 Å². The fraction of sp³-hybridized carbons (Fsp3) is 0.467. The second-order valence-electron chi connectivity index (χ2n) is 5.47. The smallest absolute Gasteiger partial charge is 0.243 e. The van der Waals surface area contributed by atoms with Gasteiger partial charge in [-0.1, -0.05) is 30.3 Å². The normalized spacial score (nSPS) is 28.6. The third-order valence-electron chi connectivity index (χ3n) is 4.06. The first kappa shape index (κ1) is 13.5. The zero-order valence-corrected chi connectivity index (χ0v) is 12.3. The van der Waals surface area contributed by atoms with E-state index < -0.39 is 0 Å². The Bertz CT molecular complexity index is 534. The fourth-order valence-corrected chi connectivity index (χ4v) is 4.35. The number of rotatable bonds is 3. The van der Waals surface area contributed by atoms with Crippen molar-refractivity contribution >= 4 is 23.6 Å². The van der Waals surface area contributed by atoms with E-state index in [1.807, 2.05) is 30.3 Å². The molecule has 106 valence electrons. The number of carbonyl (C=O) groups excluding carboxylic acids is 2. The molecular formula is C15H18N2O2S. The van der Waals surface area contributed by atoms with Crippen molar-refractivity contribution in [1.29, 1.82) is 0 Å². The Morgan fingerprint density at radius 1 is 1.45 bits per heavy atom. The van der Waals surface area contributed by atoms with Crippen LogP contribution in [0.5, 0.6) is 0 Å². The molecule has 2 aliphatic heterocycles. The molecule has 2 saturated heterocycles. The van der Waals surface area contributed by atoms with Crippen LogP contribution in [0.3, 0.4) is 0 Å². The number of hydrogen-bond acceptors (Lipinski definition) is 3. The molecule has 0 unspecified atom stereocenters. The maximum Gasteiger partial charge on any atom is 0.243 e. The van der Waals surface area contributed by atoms with Crippen molar-refractivity contribution in [2.75, 3.05) is 5.75 Å². The summed E-state index contributed by atoms with van der Waals surface area (Å²) >= 11 is 1.72. The molecule has 5 heteroatoms. The molecule has 0 aliphatic carbocycles. The molecule has 0 aromatic heterocycles. The zero-order valence-electron chi connectivity index (χ0n) is 11.5. The van der Waals surface area contributed by atoms with E-state index in [1.54, 1.807) is 16.7 Å². The average molecular weight is 290 g/mol. The van der Waals surface area contributed by atoms with Crippen LogP contribution >= 0.6 is 11.8 Å². The average Bonchev–Trinajstić information content (AvgIpc) is 2.95. The molecule has 2 atom stereocenters. The van der Waals surface area contributed by atoms with E-state index in [4.69, 9.17) is 0 Å². The van der Waals surface area contributed by atoms with Crippen LogP contribution in [-0.2, 0) is 16.1 Å². The van der Waals surface area contributed by atoms with Gasteiger partial charge in [-0.25, -0.2) is 0 Å². The van der Waals surface area contributed by atoms with Gasteiger partial charge in [0.15, 0.2) is 0 Å². The minimum atomic E-state index is -0.316. The first-order valence-corrected chi connectivity index (χ1v) is 7.86. The summed E-state index contributed by atoms with van der Waals surface area (Å²) in [7, 11) is 0. The lowest BCUT2D eigenvalue weighted by Crippen LogP contribution is -2.49. The van der Waals surface area contributed by atoms with E-state index in [2.05, 4.69) is 12.2 Å². The van der Waals surface area contributed by atoms with Gasteiger partial charge in [0.25, 0.3) is 0 Å². The zero-order chi connectivity index (χ0) is 14.2. The van der Waals surface area contributed by atoms with E-state index in [1.165, 1.54) is 0 Å². The number of nitrogens with one attached hydrogen (secondary N) is 1. The second kappa shape index (κ2) is 5.13. The second-order valence-corrected chi connectivity index (χ2v) is 6.97. The first-order chi connectivity index (χ1) is 9.60. The van der Waals surface area contributed by atoms with Crippen LogP contribution in [0.15, 0.2) is 30.3 Å². The van der Waals surface area contributed by atoms with Gasteiger partial charge in [0.2, 0.25) is 11.8 Å². The topological polar surface area (TPSA) is 49.4 Å². The summed E-state index contributed by atoms with van der Waals surface area (Å²) < 4.78 is 0. The summed E-state index contributed by atoms with van der Waals surface area (Å²) in [6.07, 6.45) is 1.41. The molecule has 1 aromatic rings. The van der Waals surface area contributed by atoms with Gasteiger partial charge < -0.3 is 10.2 Å². The molecule has 3 rings (SSSR count). The van der Waals surface area contributed by atoms with Gasteiger partial charge in [0.05, 0.1) is 4.87 Å².